The predicted octanol–water partition coefficient (Wildman–Crippen LogP) is 3.73. The summed E-state index contributed by atoms with van der Waals surface area (Å²) in [5.74, 6) is -0.439. The molecule has 0 aromatic heterocycles. The van der Waals surface area contributed by atoms with Crippen LogP contribution >= 0.6 is 0 Å². The maximum atomic E-state index is 12.8. The number of carbonyl (C=O) groups excluding carboxylic acids is 1. The Kier molecular flexibility index (Phi) is 7.66. The number of aryl methyl sites for hydroxylation is 1. The molecule has 1 aromatic carbocycles. The third kappa shape index (κ3) is 5.68. The lowest BCUT2D eigenvalue weighted by molar-refractivity contribution is -0.137. The highest BCUT2D eigenvalue weighted by atomic mass is 16.5. The van der Waals surface area contributed by atoms with Gasteiger partial charge in [-0.1, -0.05) is 42.5 Å². The van der Waals surface area contributed by atoms with Crippen LogP contribution in [0.3, 0.4) is 0 Å². The predicted molar refractivity (Wildman–Crippen MR) is 108 cm³/mol. The van der Waals surface area contributed by atoms with Crippen molar-refractivity contribution in [2.24, 2.45) is 11.8 Å². The van der Waals surface area contributed by atoms with E-state index in [9.17, 15) is 9.59 Å². The summed E-state index contributed by atoms with van der Waals surface area (Å²) in [6.45, 7) is 0.694. The minimum atomic E-state index is -0.751. The van der Waals surface area contributed by atoms with Gasteiger partial charge in [0, 0.05) is 18.9 Å². The van der Waals surface area contributed by atoms with Gasteiger partial charge in [0.05, 0.1) is 18.1 Å². The first-order chi connectivity index (χ1) is 13.6. The molecule has 2 bridgehead atoms. The van der Waals surface area contributed by atoms with Crippen molar-refractivity contribution < 1.29 is 19.4 Å². The molecule has 1 amide bonds. The van der Waals surface area contributed by atoms with Crippen LogP contribution in [-0.2, 0) is 20.7 Å². The van der Waals surface area contributed by atoms with Crippen LogP contribution < -0.4 is 5.32 Å². The van der Waals surface area contributed by atoms with Gasteiger partial charge in [0.2, 0.25) is 5.91 Å². The lowest BCUT2D eigenvalue weighted by Crippen LogP contribution is -2.41. The number of benzene rings is 1. The van der Waals surface area contributed by atoms with Crippen molar-refractivity contribution in [1.82, 2.24) is 5.32 Å². The Labute approximate surface area is 167 Å². The van der Waals surface area contributed by atoms with E-state index >= 15 is 0 Å². The summed E-state index contributed by atoms with van der Waals surface area (Å²) in [5, 5.41) is 11.8. The Hall–Kier alpha value is -2.14. The summed E-state index contributed by atoms with van der Waals surface area (Å²) in [4.78, 5) is 23.3. The normalized spacial score (nSPS) is 26.0. The highest BCUT2D eigenvalue weighted by molar-refractivity contribution is 5.80. The van der Waals surface area contributed by atoms with E-state index in [1.807, 2.05) is 24.3 Å². The highest BCUT2D eigenvalue weighted by Crippen LogP contribution is 2.45. The Balaban J connectivity index is 1.42. The van der Waals surface area contributed by atoms with Crippen molar-refractivity contribution in [2.75, 3.05) is 6.54 Å². The standard InChI is InChI=1S/C23H31NO4/c25-21(26)13-7-2-1-6-12-18-19-14-15-20(28-19)22(18)23(27)24-16-8-11-17-9-4-3-5-10-17/h1,3-6,9-10,18-20,22H,2,7-8,11-16H2,(H,24,27)(H,25,26)/b6-1-/t18-,19+,20-,22-/m0/s1. The first-order valence-corrected chi connectivity index (χ1v) is 10.5. The minimum Gasteiger partial charge on any atom is -0.481 e. The molecule has 5 heteroatoms. The van der Waals surface area contributed by atoms with Gasteiger partial charge in [-0.3, -0.25) is 9.59 Å². The molecule has 2 fully saturated rings. The van der Waals surface area contributed by atoms with E-state index < -0.39 is 5.97 Å². The topological polar surface area (TPSA) is 75.6 Å². The molecule has 0 radical (unpaired) electrons. The SMILES string of the molecule is O=C(O)CCC/C=C\C[C@@H]1[C@H](C(=O)NCCCc2ccccc2)[C@@H]2CC[C@H]1O2. The number of carbonyl (C=O) groups is 2. The molecule has 2 aliphatic heterocycles. The maximum absolute atomic E-state index is 12.8. The summed E-state index contributed by atoms with van der Waals surface area (Å²) >= 11 is 0. The van der Waals surface area contributed by atoms with Gasteiger partial charge in [-0.25, -0.2) is 0 Å². The summed E-state index contributed by atoms with van der Waals surface area (Å²) in [5.41, 5.74) is 1.30. The van der Waals surface area contributed by atoms with E-state index in [0.717, 1.165) is 38.5 Å². The van der Waals surface area contributed by atoms with Gasteiger partial charge in [-0.15, -0.1) is 0 Å². The molecule has 0 spiro atoms. The van der Waals surface area contributed by atoms with Crippen LogP contribution in [0.2, 0.25) is 0 Å². The zero-order valence-electron chi connectivity index (χ0n) is 16.4. The molecule has 2 N–H and O–H groups in total. The van der Waals surface area contributed by atoms with E-state index in [2.05, 4.69) is 23.5 Å². The monoisotopic (exact) mass is 385 g/mol. The highest BCUT2D eigenvalue weighted by Gasteiger charge is 2.51. The number of rotatable bonds is 11. The number of carboxylic acids is 1. The molecule has 5 nitrogen and oxygen atoms in total. The number of hydrogen-bond acceptors (Lipinski definition) is 3. The Bertz CT molecular complexity index is 672. The van der Waals surface area contributed by atoms with Crippen molar-refractivity contribution in [3.05, 3.63) is 48.0 Å². The molecule has 2 heterocycles. The first kappa shape index (κ1) is 20.6. The van der Waals surface area contributed by atoms with Gasteiger partial charge in [0.25, 0.3) is 0 Å². The summed E-state index contributed by atoms with van der Waals surface area (Å²) in [6, 6.07) is 10.3. The average molecular weight is 386 g/mol. The van der Waals surface area contributed by atoms with Gasteiger partial charge in [-0.05, 0) is 50.5 Å². The first-order valence-electron chi connectivity index (χ1n) is 10.5. The van der Waals surface area contributed by atoms with Crippen LogP contribution in [-0.4, -0.2) is 35.7 Å². The molecule has 2 aliphatic rings. The number of amides is 1. The van der Waals surface area contributed by atoms with Crippen LogP contribution in [0.5, 0.6) is 0 Å². The van der Waals surface area contributed by atoms with Crippen molar-refractivity contribution in [1.29, 1.82) is 0 Å². The molecule has 0 unspecified atom stereocenters. The van der Waals surface area contributed by atoms with Crippen LogP contribution in [0.1, 0.15) is 50.5 Å². The van der Waals surface area contributed by atoms with Crippen molar-refractivity contribution >= 4 is 11.9 Å². The van der Waals surface area contributed by atoms with E-state index in [1.165, 1.54) is 5.56 Å². The number of allylic oxidation sites excluding steroid dienone is 2. The van der Waals surface area contributed by atoms with E-state index in [4.69, 9.17) is 9.84 Å². The molecule has 0 saturated carbocycles. The van der Waals surface area contributed by atoms with Gasteiger partial charge < -0.3 is 15.2 Å². The van der Waals surface area contributed by atoms with E-state index in [-0.39, 0.29) is 36.4 Å². The minimum absolute atomic E-state index is 0.0563. The number of ether oxygens (including phenoxy) is 1. The van der Waals surface area contributed by atoms with Crippen molar-refractivity contribution in [3.8, 4) is 0 Å². The van der Waals surface area contributed by atoms with Gasteiger partial charge >= 0.3 is 5.97 Å². The number of nitrogens with one attached hydrogen (secondary N) is 1. The third-order valence-electron chi connectivity index (χ3n) is 5.85. The number of aliphatic carboxylic acids is 1. The zero-order valence-corrected chi connectivity index (χ0v) is 16.4. The zero-order chi connectivity index (χ0) is 19.8. The fraction of sp³-hybridized carbons (Fsp3) is 0.565. The van der Waals surface area contributed by atoms with Crippen molar-refractivity contribution in [3.63, 3.8) is 0 Å². The molecule has 3 rings (SSSR count). The smallest absolute Gasteiger partial charge is 0.303 e. The Morgan fingerprint density at radius 1 is 1.11 bits per heavy atom. The van der Waals surface area contributed by atoms with Gasteiger partial charge in [0.1, 0.15) is 0 Å². The molecule has 152 valence electrons. The second-order valence-electron chi connectivity index (χ2n) is 7.85. The third-order valence-corrected chi connectivity index (χ3v) is 5.85. The average Bonchev–Trinajstić information content (AvgIpc) is 3.30. The number of fused-ring (bicyclic) bond motifs is 2. The lowest BCUT2D eigenvalue weighted by Gasteiger charge is -2.26. The Morgan fingerprint density at radius 2 is 1.89 bits per heavy atom. The second-order valence-corrected chi connectivity index (χ2v) is 7.85. The van der Waals surface area contributed by atoms with Crippen LogP contribution in [0, 0.1) is 11.8 Å². The molecule has 2 saturated heterocycles. The molecule has 1 aromatic rings. The fourth-order valence-corrected chi connectivity index (χ4v) is 4.45. The van der Waals surface area contributed by atoms with Gasteiger partial charge in [0.15, 0.2) is 0 Å². The molecular weight excluding hydrogens is 354 g/mol. The fourth-order valence-electron chi connectivity index (χ4n) is 4.45. The van der Waals surface area contributed by atoms with E-state index in [0.29, 0.717) is 13.0 Å². The van der Waals surface area contributed by atoms with E-state index in [1.54, 1.807) is 0 Å². The molecule has 0 aliphatic carbocycles. The summed E-state index contributed by atoms with van der Waals surface area (Å²) in [7, 11) is 0. The quantitative estimate of drug-likeness (QED) is 0.450. The van der Waals surface area contributed by atoms with Gasteiger partial charge in [-0.2, -0.15) is 0 Å². The van der Waals surface area contributed by atoms with Crippen LogP contribution in [0.25, 0.3) is 0 Å². The largest absolute Gasteiger partial charge is 0.481 e. The second kappa shape index (κ2) is 10.4. The summed E-state index contributed by atoms with van der Waals surface area (Å²) in [6.07, 6.45) is 10.8. The van der Waals surface area contributed by atoms with Crippen LogP contribution in [0.15, 0.2) is 42.5 Å². The number of unbranched alkanes of at least 4 members (excludes halogenated alkanes) is 1. The number of hydrogen-bond donors (Lipinski definition) is 2. The maximum Gasteiger partial charge on any atom is 0.303 e. The van der Waals surface area contributed by atoms with Crippen LogP contribution in [0.4, 0.5) is 0 Å². The lowest BCUT2D eigenvalue weighted by atomic mass is 9.77. The Morgan fingerprint density at radius 3 is 2.68 bits per heavy atom. The number of carboxylic acid groups (broad SMARTS) is 1. The summed E-state index contributed by atoms with van der Waals surface area (Å²) < 4.78 is 6.03. The molecule has 4 atom stereocenters. The van der Waals surface area contributed by atoms with Crippen molar-refractivity contribution in [2.45, 2.75) is 63.6 Å². The molecular formula is C23H31NO4. The molecule has 28 heavy (non-hydrogen) atoms.